The second-order valence-electron chi connectivity index (χ2n) is 16.7. The number of carbonyl (C=O) groups excluding carboxylic acids is 3. The first-order valence-electron chi connectivity index (χ1n) is 21.3. The van der Waals surface area contributed by atoms with Crippen molar-refractivity contribution < 1.29 is 19.5 Å². The van der Waals surface area contributed by atoms with Gasteiger partial charge in [-0.05, 0) is 93.3 Å². The number of aliphatic hydroxyl groups is 1. The standard InChI is InChI=1S/C37H45N11O3S.C6H12O/c1-24-21-46(16-17-48(24)27-6-7-29-31(19-27)45(2)44-33(29)41-32(50)8-13-38-23-49)22-25-4-3-5-28(18-25)52-47-14-9-26(10-15-47)40-36-39-20-30-34(43-36)42-35(51)37(30)11-12-37;7-6-4-2-1-3-5-6/h3-7,18-20,23-24,26H,8-17,21-22H2,1-2H3,(H,38,49)(H,41,44,50)(H2,39,40,42,43,51);6-7H,1-5H2. The minimum absolute atomic E-state index is 0.0359. The number of piperazine rings is 1. The molecule has 5 heterocycles. The highest BCUT2D eigenvalue weighted by molar-refractivity contribution is 7.97. The number of nitrogens with one attached hydrogen (secondary N) is 4. The number of benzene rings is 2. The van der Waals surface area contributed by atoms with Crippen molar-refractivity contribution in [2.45, 2.75) is 106 Å². The fourth-order valence-corrected chi connectivity index (χ4v) is 9.88. The number of rotatable bonds is 12. The van der Waals surface area contributed by atoms with Crippen LogP contribution in [0.4, 0.5) is 23.3 Å². The molecule has 2 saturated heterocycles. The smallest absolute Gasteiger partial charge is 0.236 e. The Balaban J connectivity index is 0.000000628. The highest BCUT2D eigenvalue weighted by Crippen LogP contribution is 2.54. The van der Waals surface area contributed by atoms with E-state index in [2.05, 4.69) is 93.8 Å². The molecule has 3 amide bonds. The van der Waals surface area contributed by atoms with Gasteiger partial charge >= 0.3 is 0 Å². The quantitative estimate of drug-likeness (QED) is 0.0735. The Bertz CT molecular complexity index is 2130. The largest absolute Gasteiger partial charge is 0.393 e. The maximum atomic E-state index is 12.4. The summed E-state index contributed by atoms with van der Waals surface area (Å²) in [5.74, 6) is 1.69. The predicted octanol–water partition coefficient (Wildman–Crippen LogP) is 5.03. The summed E-state index contributed by atoms with van der Waals surface area (Å²) in [4.78, 5) is 50.6. The molecule has 2 saturated carbocycles. The number of nitrogens with zero attached hydrogens (tertiary/aromatic N) is 7. The molecule has 4 fully saturated rings. The lowest BCUT2D eigenvalue weighted by atomic mass is 9.98. The van der Waals surface area contributed by atoms with Gasteiger partial charge < -0.3 is 31.3 Å². The van der Waals surface area contributed by atoms with Crippen LogP contribution in [0.1, 0.15) is 82.3 Å². The molecule has 1 unspecified atom stereocenters. The van der Waals surface area contributed by atoms with Gasteiger partial charge in [-0.1, -0.05) is 31.4 Å². The molecule has 4 aromatic rings. The molecule has 9 rings (SSSR count). The Kier molecular flexibility index (Phi) is 12.7. The van der Waals surface area contributed by atoms with Crippen molar-refractivity contribution in [3.8, 4) is 0 Å². The lowest BCUT2D eigenvalue weighted by Gasteiger charge is -2.41. The van der Waals surface area contributed by atoms with Crippen molar-refractivity contribution in [1.82, 2.24) is 34.3 Å². The van der Waals surface area contributed by atoms with Crippen LogP contribution in [0.15, 0.2) is 53.6 Å². The first-order valence-corrected chi connectivity index (χ1v) is 22.0. The van der Waals surface area contributed by atoms with E-state index in [1.165, 1.54) is 29.7 Å². The van der Waals surface area contributed by atoms with E-state index in [4.69, 9.17) is 5.11 Å². The highest BCUT2D eigenvalue weighted by Gasteiger charge is 2.57. The third-order valence-corrected chi connectivity index (χ3v) is 13.4. The van der Waals surface area contributed by atoms with Gasteiger partial charge in [0.05, 0.1) is 17.0 Å². The van der Waals surface area contributed by atoms with Crippen LogP contribution >= 0.6 is 11.9 Å². The molecule has 1 spiro atoms. The summed E-state index contributed by atoms with van der Waals surface area (Å²) in [5.41, 5.74) is 4.03. The molecule has 0 radical (unpaired) electrons. The van der Waals surface area contributed by atoms with Gasteiger partial charge in [0.2, 0.25) is 24.2 Å². The van der Waals surface area contributed by atoms with Crippen LogP contribution in [0.5, 0.6) is 0 Å². The van der Waals surface area contributed by atoms with E-state index in [1.807, 2.05) is 31.3 Å². The lowest BCUT2D eigenvalue weighted by molar-refractivity contribution is -0.118. The summed E-state index contributed by atoms with van der Waals surface area (Å²) in [6.07, 6.45) is 12.3. The molecule has 5 aliphatic rings. The number of carbonyl (C=O) groups is 3. The van der Waals surface area contributed by atoms with Crippen molar-refractivity contribution in [3.05, 3.63) is 59.8 Å². The normalized spacial score (nSPS) is 20.8. The Morgan fingerprint density at radius 2 is 1.86 bits per heavy atom. The van der Waals surface area contributed by atoms with Gasteiger partial charge in [0.1, 0.15) is 5.82 Å². The number of aryl methyl sites for hydroxylation is 1. The maximum Gasteiger partial charge on any atom is 0.236 e. The van der Waals surface area contributed by atoms with Crippen LogP contribution in [0.2, 0.25) is 0 Å². The van der Waals surface area contributed by atoms with E-state index < -0.39 is 0 Å². The zero-order valence-electron chi connectivity index (χ0n) is 34.2. The monoisotopic (exact) mass is 823 g/mol. The van der Waals surface area contributed by atoms with E-state index in [0.717, 1.165) is 99.9 Å². The number of fused-ring (bicyclic) bond motifs is 3. The minimum Gasteiger partial charge on any atom is -0.393 e. The van der Waals surface area contributed by atoms with Crippen molar-refractivity contribution in [1.29, 1.82) is 0 Å². The number of amides is 3. The van der Waals surface area contributed by atoms with Crippen LogP contribution in [-0.2, 0) is 33.4 Å². The number of hydrogen-bond donors (Lipinski definition) is 5. The van der Waals surface area contributed by atoms with Crippen LogP contribution in [0, 0.1) is 0 Å². The van der Waals surface area contributed by atoms with Gasteiger partial charge in [-0.25, -0.2) is 9.29 Å². The number of piperidine rings is 1. The third kappa shape index (κ3) is 9.66. The maximum absolute atomic E-state index is 12.4. The molecule has 2 aromatic carbocycles. The number of aromatic nitrogens is 4. The fourth-order valence-electron chi connectivity index (χ4n) is 8.85. The molecule has 314 valence electrons. The molecule has 2 aliphatic carbocycles. The summed E-state index contributed by atoms with van der Waals surface area (Å²) in [5, 5.41) is 26.2. The van der Waals surface area contributed by atoms with Gasteiger partial charge in [0, 0.05) is 99.1 Å². The van der Waals surface area contributed by atoms with E-state index in [9.17, 15) is 14.4 Å². The first-order chi connectivity index (χ1) is 28.7. The van der Waals surface area contributed by atoms with Crippen molar-refractivity contribution in [3.63, 3.8) is 0 Å². The molecule has 1 atom stereocenters. The summed E-state index contributed by atoms with van der Waals surface area (Å²) in [6, 6.07) is 15.9. The summed E-state index contributed by atoms with van der Waals surface area (Å²) in [7, 11) is 1.89. The fraction of sp³-hybridized carbons (Fsp3) is 0.535. The Morgan fingerprint density at radius 1 is 1.05 bits per heavy atom. The van der Waals surface area contributed by atoms with E-state index in [0.29, 0.717) is 36.1 Å². The van der Waals surface area contributed by atoms with Crippen LogP contribution < -0.4 is 26.2 Å². The van der Waals surface area contributed by atoms with Crippen molar-refractivity contribution in [2.75, 3.05) is 60.1 Å². The Morgan fingerprint density at radius 3 is 2.59 bits per heavy atom. The van der Waals surface area contributed by atoms with E-state index in [-0.39, 0.29) is 36.3 Å². The SMILES string of the molecule is CC1CN(Cc2cccc(SN3CCC(Nc4ncc5c(n4)NC(=O)C54CC4)CC3)c2)CCN1c1ccc2c(NC(=O)CCNC=O)nn(C)c2c1.OC1CCCCC1. The second-order valence-corrected chi connectivity index (χ2v) is 17.9. The average Bonchev–Trinajstić information content (AvgIpc) is 3.92. The molecular formula is C43H57N11O4S. The Hall–Kier alpha value is -4.77. The van der Waals surface area contributed by atoms with Gasteiger partial charge in [0.25, 0.3) is 0 Å². The van der Waals surface area contributed by atoms with Gasteiger partial charge in [0.15, 0.2) is 5.82 Å². The summed E-state index contributed by atoms with van der Waals surface area (Å²) in [6.45, 7) is 8.25. The molecule has 59 heavy (non-hydrogen) atoms. The molecule has 16 heteroatoms. The van der Waals surface area contributed by atoms with Crippen molar-refractivity contribution >= 4 is 64.3 Å². The van der Waals surface area contributed by atoms with E-state index >= 15 is 0 Å². The lowest BCUT2D eigenvalue weighted by Crippen LogP contribution is -2.51. The number of aliphatic hydroxyl groups excluding tert-OH is 1. The Labute approximate surface area is 350 Å². The van der Waals surface area contributed by atoms with Gasteiger partial charge in [-0.3, -0.25) is 24.0 Å². The molecule has 5 N–H and O–H groups in total. The third-order valence-electron chi connectivity index (χ3n) is 12.3. The summed E-state index contributed by atoms with van der Waals surface area (Å²) < 4.78 is 4.25. The van der Waals surface area contributed by atoms with E-state index in [1.54, 1.807) is 4.68 Å². The van der Waals surface area contributed by atoms with Gasteiger partial charge in [-0.15, -0.1) is 0 Å². The van der Waals surface area contributed by atoms with Crippen LogP contribution in [0.3, 0.4) is 0 Å². The second kappa shape index (κ2) is 18.2. The average molecular weight is 824 g/mol. The van der Waals surface area contributed by atoms with Crippen molar-refractivity contribution in [2.24, 2.45) is 7.05 Å². The summed E-state index contributed by atoms with van der Waals surface area (Å²) >= 11 is 1.84. The first kappa shape index (κ1) is 41.0. The zero-order chi connectivity index (χ0) is 40.9. The molecule has 3 aliphatic heterocycles. The molecule has 0 bridgehead atoms. The molecular weight excluding hydrogens is 767 g/mol. The van der Waals surface area contributed by atoms with Crippen LogP contribution in [-0.4, -0.2) is 110 Å². The molecule has 2 aromatic heterocycles. The molecule has 15 nitrogen and oxygen atoms in total. The van der Waals surface area contributed by atoms with Gasteiger partial charge in [-0.2, -0.15) is 10.1 Å². The zero-order valence-corrected chi connectivity index (χ0v) is 35.0. The minimum atomic E-state index is -0.354. The predicted molar refractivity (Wildman–Crippen MR) is 231 cm³/mol. The highest BCUT2D eigenvalue weighted by atomic mass is 32.2. The number of hydrogen-bond acceptors (Lipinski definition) is 12. The topological polar surface area (TPSA) is 173 Å². The van der Waals surface area contributed by atoms with Crippen LogP contribution in [0.25, 0.3) is 10.9 Å². The number of anilines is 4.